The maximum absolute atomic E-state index is 6.06. The van der Waals surface area contributed by atoms with Crippen molar-refractivity contribution in [3.8, 4) is 11.1 Å². The zero-order chi connectivity index (χ0) is 20.5. The number of rotatable bonds is 4. The molecule has 0 saturated heterocycles. The van der Waals surface area contributed by atoms with Gasteiger partial charge in [-0.3, -0.25) is 0 Å². The molecule has 0 radical (unpaired) electrons. The van der Waals surface area contributed by atoms with Crippen LogP contribution in [0.1, 0.15) is 37.3 Å². The van der Waals surface area contributed by atoms with Gasteiger partial charge >= 0.3 is 0 Å². The molecule has 1 aliphatic carbocycles. The van der Waals surface area contributed by atoms with Gasteiger partial charge in [0.25, 0.3) is 0 Å². The van der Waals surface area contributed by atoms with Crippen LogP contribution in [0.4, 0.5) is 17.3 Å². The van der Waals surface area contributed by atoms with Gasteiger partial charge in [0.15, 0.2) is 5.65 Å². The molecule has 7 nitrogen and oxygen atoms in total. The topological polar surface area (TPSA) is 107 Å². The molecule has 0 amide bonds. The van der Waals surface area contributed by atoms with Crippen molar-refractivity contribution in [2.24, 2.45) is 5.73 Å². The molecular formula is C23H25N7. The minimum absolute atomic E-state index is 0.314. The summed E-state index contributed by atoms with van der Waals surface area (Å²) < 4.78 is 1.76. The van der Waals surface area contributed by atoms with Gasteiger partial charge in [0, 0.05) is 29.8 Å². The summed E-state index contributed by atoms with van der Waals surface area (Å²) in [7, 11) is 0. The molecule has 0 unspecified atom stereocenters. The number of nitrogens with two attached hydrogens (primary N) is 2. The Labute approximate surface area is 175 Å². The van der Waals surface area contributed by atoms with E-state index in [1.165, 1.54) is 0 Å². The lowest BCUT2D eigenvalue weighted by atomic mass is 9.85. The van der Waals surface area contributed by atoms with Crippen LogP contribution in [0.2, 0.25) is 0 Å². The van der Waals surface area contributed by atoms with Crippen molar-refractivity contribution < 1.29 is 0 Å². The van der Waals surface area contributed by atoms with Gasteiger partial charge in [-0.15, -0.1) is 5.10 Å². The first-order chi connectivity index (χ1) is 14.7. The van der Waals surface area contributed by atoms with Crippen molar-refractivity contribution in [3.05, 3.63) is 66.6 Å². The van der Waals surface area contributed by atoms with E-state index in [-0.39, 0.29) is 0 Å². The van der Waals surface area contributed by atoms with E-state index < -0.39 is 0 Å². The number of aromatic nitrogens is 4. The first-order valence-corrected chi connectivity index (χ1v) is 10.4. The molecule has 4 aromatic rings. The van der Waals surface area contributed by atoms with Gasteiger partial charge in [0.1, 0.15) is 11.6 Å². The van der Waals surface area contributed by atoms with Crippen molar-refractivity contribution in [2.45, 2.75) is 37.6 Å². The van der Waals surface area contributed by atoms with Gasteiger partial charge in [-0.25, -0.2) is 14.5 Å². The predicted octanol–water partition coefficient (Wildman–Crippen LogP) is 4.10. The number of benzene rings is 1. The molecule has 3 aromatic heterocycles. The summed E-state index contributed by atoms with van der Waals surface area (Å²) in [6, 6.07) is 16.3. The van der Waals surface area contributed by atoms with Crippen LogP contribution >= 0.6 is 0 Å². The quantitative estimate of drug-likeness (QED) is 0.477. The number of anilines is 3. The Morgan fingerprint density at radius 3 is 2.50 bits per heavy atom. The molecule has 0 bridgehead atoms. The van der Waals surface area contributed by atoms with E-state index >= 15 is 0 Å². The van der Waals surface area contributed by atoms with Crippen molar-refractivity contribution in [1.82, 2.24) is 19.6 Å². The molecule has 1 saturated carbocycles. The van der Waals surface area contributed by atoms with Gasteiger partial charge in [-0.05, 0) is 43.4 Å². The standard InChI is InChI=1S/C23H25N7/c24-18-9-6-16(7-10-18)20-14-30-23(28-20)19(12-21(25)29-30)27-22-11-8-17(13-26-22)15-4-2-1-3-5-15/h1-5,8,11-14,16,18H,6-7,9-10,24H2,(H2,25,29)(H,26,27)/t16-,18+. The highest BCUT2D eigenvalue weighted by Crippen LogP contribution is 2.33. The molecule has 0 spiro atoms. The lowest BCUT2D eigenvalue weighted by Gasteiger charge is -2.24. The highest BCUT2D eigenvalue weighted by atomic mass is 15.3. The number of fused-ring (bicyclic) bond motifs is 1. The van der Waals surface area contributed by atoms with E-state index in [1.54, 1.807) is 10.6 Å². The molecule has 1 aromatic carbocycles. The highest BCUT2D eigenvalue weighted by molar-refractivity contribution is 5.75. The molecule has 1 fully saturated rings. The number of nitrogens with one attached hydrogen (secondary N) is 1. The molecule has 0 aliphatic heterocycles. The van der Waals surface area contributed by atoms with Crippen LogP contribution in [0.25, 0.3) is 16.8 Å². The van der Waals surface area contributed by atoms with Crippen LogP contribution in [0.3, 0.4) is 0 Å². The number of pyridine rings is 1. The molecule has 152 valence electrons. The second-order valence-corrected chi connectivity index (χ2v) is 7.95. The number of imidazole rings is 1. The van der Waals surface area contributed by atoms with Gasteiger partial charge in [0.05, 0.1) is 17.6 Å². The summed E-state index contributed by atoms with van der Waals surface area (Å²) in [5, 5.41) is 7.76. The smallest absolute Gasteiger partial charge is 0.177 e. The third-order valence-electron chi connectivity index (χ3n) is 5.79. The fraction of sp³-hybridized carbons (Fsp3) is 0.261. The number of nitrogen functional groups attached to an aromatic ring is 1. The van der Waals surface area contributed by atoms with Crippen LogP contribution < -0.4 is 16.8 Å². The van der Waals surface area contributed by atoms with Gasteiger partial charge in [-0.1, -0.05) is 30.3 Å². The average Bonchev–Trinajstić information content (AvgIpc) is 3.19. The zero-order valence-corrected chi connectivity index (χ0v) is 16.7. The van der Waals surface area contributed by atoms with Crippen LogP contribution in [-0.4, -0.2) is 25.6 Å². The summed E-state index contributed by atoms with van der Waals surface area (Å²) in [5.41, 5.74) is 16.9. The summed E-state index contributed by atoms with van der Waals surface area (Å²) in [4.78, 5) is 9.45. The van der Waals surface area contributed by atoms with Crippen LogP contribution in [-0.2, 0) is 0 Å². The summed E-state index contributed by atoms with van der Waals surface area (Å²) >= 11 is 0. The molecule has 0 atom stereocenters. The van der Waals surface area contributed by atoms with Crippen LogP contribution in [0.15, 0.2) is 60.9 Å². The fourth-order valence-corrected chi connectivity index (χ4v) is 4.13. The number of hydrogen-bond donors (Lipinski definition) is 3. The van der Waals surface area contributed by atoms with E-state index in [1.807, 2.05) is 36.7 Å². The molecule has 7 heteroatoms. The Balaban J connectivity index is 1.42. The SMILES string of the molecule is Nc1cc(Nc2ccc(-c3ccccc3)cn2)c2nc([C@H]3CC[C@@H](N)CC3)cn2n1. The Hall–Kier alpha value is -3.45. The molecule has 1 aliphatic rings. The van der Waals surface area contributed by atoms with Crippen molar-refractivity contribution >= 4 is 23.0 Å². The van der Waals surface area contributed by atoms with Gasteiger partial charge in [0.2, 0.25) is 0 Å². The lowest BCUT2D eigenvalue weighted by molar-refractivity contribution is 0.391. The average molecular weight is 400 g/mol. The van der Waals surface area contributed by atoms with E-state index in [0.717, 1.165) is 59.7 Å². The molecule has 5 N–H and O–H groups in total. The summed E-state index contributed by atoms with van der Waals surface area (Å²) in [5.74, 6) is 1.58. The van der Waals surface area contributed by atoms with Crippen LogP contribution in [0, 0.1) is 0 Å². The first-order valence-electron chi connectivity index (χ1n) is 10.4. The Bertz CT molecular complexity index is 1140. The Morgan fingerprint density at radius 1 is 0.967 bits per heavy atom. The first kappa shape index (κ1) is 18.6. The van der Waals surface area contributed by atoms with Gasteiger partial charge in [-0.2, -0.15) is 0 Å². The Kier molecular flexibility index (Phi) is 4.80. The number of hydrogen-bond acceptors (Lipinski definition) is 6. The second-order valence-electron chi connectivity index (χ2n) is 7.95. The van der Waals surface area contributed by atoms with Crippen molar-refractivity contribution in [1.29, 1.82) is 0 Å². The van der Waals surface area contributed by atoms with E-state index in [0.29, 0.717) is 17.8 Å². The lowest BCUT2D eigenvalue weighted by Crippen LogP contribution is -2.25. The van der Waals surface area contributed by atoms with E-state index in [2.05, 4.69) is 33.6 Å². The van der Waals surface area contributed by atoms with Crippen LogP contribution in [0.5, 0.6) is 0 Å². The largest absolute Gasteiger partial charge is 0.382 e. The Morgan fingerprint density at radius 2 is 1.77 bits per heavy atom. The molecule has 30 heavy (non-hydrogen) atoms. The minimum Gasteiger partial charge on any atom is -0.382 e. The summed E-state index contributed by atoms with van der Waals surface area (Å²) in [6.07, 6.45) is 8.05. The third kappa shape index (κ3) is 3.71. The monoisotopic (exact) mass is 399 g/mol. The molecule has 3 heterocycles. The normalized spacial score (nSPS) is 19.1. The maximum Gasteiger partial charge on any atom is 0.177 e. The van der Waals surface area contributed by atoms with E-state index in [4.69, 9.17) is 16.5 Å². The third-order valence-corrected chi connectivity index (χ3v) is 5.79. The predicted molar refractivity (Wildman–Crippen MR) is 120 cm³/mol. The fourth-order valence-electron chi connectivity index (χ4n) is 4.13. The van der Waals surface area contributed by atoms with Crippen molar-refractivity contribution in [2.75, 3.05) is 11.1 Å². The highest BCUT2D eigenvalue weighted by Gasteiger charge is 2.23. The molecule has 5 rings (SSSR count). The summed E-state index contributed by atoms with van der Waals surface area (Å²) in [6.45, 7) is 0. The molecular weight excluding hydrogens is 374 g/mol. The van der Waals surface area contributed by atoms with Gasteiger partial charge < -0.3 is 16.8 Å². The minimum atomic E-state index is 0.314. The second kappa shape index (κ2) is 7.76. The zero-order valence-electron chi connectivity index (χ0n) is 16.7. The number of nitrogens with zero attached hydrogens (tertiary/aromatic N) is 4. The maximum atomic E-state index is 6.06. The van der Waals surface area contributed by atoms with Crippen molar-refractivity contribution in [3.63, 3.8) is 0 Å². The van der Waals surface area contributed by atoms with E-state index in [9.17, 15) is 0 Å².